The lowest BCUT2D eigenvalue weighted by atomic mass is 10.3. The van der Waals surface area contributed by atoms with Crippen molar-refractivity contribution in [1.82, 2.24) is 4.31 Å². The molecular formula is C12H15BrFNO3S. The molecule has 0 unspecified atom stereocenters. The minimum atomic E-state index is -3.66. The summed E-state index contributed by atoms with van der Waals surface area (Å²) in [5.74, 6) is -0.580. The highest BCUT2D eigenvalue weighted by Crippen LogP contribution is 2.32. The third-order valence-electron chi connectivity index (χ3n) is 2.97. The average Bonchev–Trinajstić information content (AvgIpc) is 3.17. The molecule has 1 aromatic carbocycles. The van der Waals surface area contributed by atoms with Gasteiger partial charge >= 0.3 is 0 Å². The zero-order valence-electron chi connectivity index (χ0n) is 10.5. The Hall–Kier alpha value is -0.500. The van der Waals surface area contributed by atoms with Crippen molar-refractivity contribution in [3.63, 3.8) is 0 Å². The third-order valence-corrected chi connectivity index (χ3v) is 5.56. The Labute approximate surface area is 120 Å². The topological polar surface area (TPSA) is 46.6 Å². The predicted octanol–water partition coefficient (Wildman–Crippen LogP) is 2.39. The van der Waals surface area contributed by atoms with Crippen LogP contribution in [-0.4, -0.2) is 39.0 Å². The number of methoxy groups -OCH3 is 1. The van der Waals surface area contributed by atoms with Crippen molar-refractivity contribution >= 4 is 26.0 Å². The van der Waals surface area contributed by atoms with Crippen molar-refractivity contribution in [1.29, 1.82) is 0 Å². The Balaban J connectivity index is 2.30. The van der Waals surface area contributed by atoms with Gasteiger partial charge in [-0.25, -0.2) is 12.8 Å². The van der Waals surface area contributed by atoms with E-state index >= 15 is 0 Å². The second kappa shape index (κ2) is 5.87. The second-order valence-electron chi connectivity index (χ2n) is 4.42. The lowest BCUT2D eigenvalue weighted by Gasteiger charge is -2.21. The van der Waals surface area contributed by atoms with Crippen molar-refractivity contribution in [2.24, 2.45) is 0 Å². The minimum absolute atomic E-state index is 0.0174. The van der Waals surface area contributed by atoms with Crippen molar-refractivity contribution in [3.8, 4) is 0 Å². The van der Waals surface area contributed by atoms with Gasteiger partial charge in [-0.3, -0.25) is 0 Å². The van der Waals surface area contributed by atoms with Crippen LogP contribution in [0.25, 0.3) is 0 Å². The van der Waals surface area contributed by atoms with Crippen molar-refractivity contribution in [2.75, 3.05) is 20.3 Å². The molecule has 0 aromatic heterocycles. The Morgan fingerprint density at radius 2 is 2.16 bits per heavy atom. The third kappa shape index (κ3) is 3.34. The van der Waals surface area contributed by atoms with Crippen LogP contribution in [0.4, 0.5) is 4.39 Å². The smallest absolute Gasteiger partial charge is 0.243 e. The van der Waals surface area contributed by atoms with Crippen molar-refractivity contribution in [3.05, 3.63) is 28.5 Å². The molecule has 0 spiro atoms. The van der Waals surface area contributed by atoms with Crippen molar-refractivity contribution in [2.45, 2.75) is 23.8 Å². The fraction of sp³-hybridized carbons (Fsp3) is 0.500. The number of nitrogens with zero attached hydrogens (tertiary/aromatic N) is 1. The molecule has 0 bridgehead atoms. The summed E-state index contributed by atoms with van der Waals surface area (Å²) in [5, 5.41) is 0. The van der Waals surface area contributed by atoms with E-state index in [-0.39, 0.29) is 15.4 Å². The molecule has 19 heavy (non-hydrogen) atoms. The first kappa shape index (κ1) is 14.9. The molecule has 0 radical (unpaired) electrons. The summed E-state index contributed by atoms with van der Waals surface area (Å²) in [7, 11) is -2.13. The van der Waals surface area contributed by atoms with E-state index in [1.54, 1.807) is 0 Å². The van der Waals surface area contributed by atoms with Gasteiger partial charge in [-0.15, -0.1) is 0 Å². The number of rotatable bonds is 6. The van der Waals surface area contributed by atoms with Crippen molar-refractivity contribution < 1.29 is 17.5 Å². The van der Waals surface area contributed by atoms with E-state index in [0.717, 1.165) is 18.9 Å². The lowest BCUT2D eigenvalue weighted by Crippen LogP contribution is -2.35. The second-order valence-corrected chi connectivity index (χ2v) is 7.16. The maximum atomic E-state index is 13.5. The molecule has 0 N–H and O–H groups in total. The van der Waals surface area contributed by atoms with Crippen LogP contribution < -0.4 is 0 Å². The minimum Gasteiger partial charge on any atom is -0.383 e. The largest absolute Gasteiger partial charge is 0.383 e. The molecule has 4 nitrogen and oxygen atoms in total. The van der Waals surface area contributed by atoms with Crippen LogP contribution in [0.5, 0.6) is 0 Å². The number of hydrogen-bond donors (Lipinski definition) is 0. The van der Waals surface area contributed by atoms with Gasteiger partial charge in [0.05, 0.1) is 16.0 Å². The van der Waals surface area contributed by atoms with E-state index in [1.807, 2.05) is 0 Å². The molecule has 1 saturated carbocycles. The van der Waals surface area contributed by atoms with E-state index in [0.29, 0.717) is 13.2 Å². The molecule has 2 rings (SSSR count). The highest BCUT2D eigenvalue weighted by atomic mass is 79.9. The molecule has 0 atom stereocenters. The highest BCUT2D eigenvalue weighted by molar-refractivity contribution is 9.10. The van der Waals surface area contributed by atoms with E-state index in [4.69, 9.17) is 4.74 Å². The highest BCUT2D eigenvalue weighted by Gasteiger charge is 2.37. The molecule has 0 saturated heterocycles. The van der Waals surface area contributed by atoms with E-state index in [1.165, 1.54) is 23.5 Å². The molecule has 1 fully saturated rings. The van der Waals surface area contributed by atoms with Crippen LogP contribution in [-0.2, 0) is 14.8 Å². The number of hydrogen-bond acceptors (Lipinski definition) is 3. The molecule has 1 aliphatic rings. The molecule has 0 amide bonds. The van der Waals surface area contributed by atoms with Crippen LogP contribution in [0, 0.1) is 5.82 Å². The standard InChI is InChI=1S/C12H15BrFNO3S/c1-18-7-6-15(9-2-3-9)19(16,17)10-4-5-11(13)12(14)8-10/h4-5,8-9H,2-3,6-7H2,1H3. The van der Waals surface area contributed by atoms with E-state index in [2.05, 4.69) is 15.9 Å². The summed E-state index contributed by atoms with van der Waals surface area (Å²) >= 11 is 3.01. The molecular weight excluding hydrogens is 337 g/mol. The Morgan fingerprint density at radius 1 is 1.47 bits per heavy atom. The van der Waals surface area contributed by atoms with Crippen LogP contribution >= 0.6 is 15.9 Å². The molecule has 7 heteroatoms. The summed E-state index contributed by atoms with van der Waals surface area (Å²) in [5.41, 5.74) is 0. The van der Waals surface area contributed by atoms with Gasteiger partial charge in [0.2, 0.25) is 10.0 Å². The zero-order valence-corrected chi connectivity index (χ0v) is 12.9. The first-order valence-corrected chi connectivity index (χ1v) is 8.16. The summed E-state index contributed by atoms with van der Waals surface area (Å²) in [6.45, 7) is 0.621. The SMILES string of the molecule is COCCN(C1CC1)S(=O)(=O)c1ccc(Br)c(F)c1. The van der Waals surface area contributed by atoms with Crippen LogP contribution in [0.15, 0.2) is 27.6 Å². The molecule has 0 heterocycles. The van der Waals surface area contributed by atoms with Gasteiger partial charge in [-0.1, -0.05) is 0 Å². The zero-order chi connectivity index (χ0) is 14.0. The molecule has 106 valence electrons. The van der Waals surface area contributed by atoms with Gasteiger partial charge < -0.3 is 4.74 Å². The Morgan fingerprint density at radius 3 is 2.68 bits per heavy atom. The fourth-order valence-electron chi connectivity index (χ4n) is 1.82. The monoisotopic (exact) mass is 351 g/mol. The Bertz CT molecular complexity index is 560. The first-order chi connectivity index (χ1) is 8.96. The van der Waals surface area contributed by atoms with Gasteiger partial charge in [0.1, 0.15) is 5.82 Å². The summed E-state index contributed by atoms with van der Waals surface area (Å²) in [6.07, 6.45) is 1.70. The van der Waals surface area contributed by atoms with Gasteiger partial charge in [-0.05, 0) is 47.0 Å². The van der Waals surface area contributed by atoms with Crippen LogP contribution in [0.3, 0.4) is 0 Å². The molecule has 1 aliphatic carbocycles. The van der Waals surface area contributed by atoms with Gasteiger partial charge in [0.15, 0.2) is 0 Å². The number of sulfonamides is 1. The predicted molar refractivity (Wildman–Crippen MR) is 72.9 cm³/mol. The first-order valence-electron chi connectivity index (χ1n) is 5.92. The number of benzene rings is 1. The normalized spacial score (nSPS) is 16.0. The van der Waals surface area contributed by atoms with Crippen LogP contribution in [0.1, 0.15) is 12.8 Å². The molecule has 1 aromatic rings. The molecule has 0 aliphatic heterocycles. The number of halogens is 2. The maximum absolute atomic E-state index is 13.5. The fourth-order valence-corrected chi connectivity index (χ4v) is 3.74. The lowest BCUT2D eigenvalue weighted by molar-refractivity contribution is 0.177. The summed E-state index contributed by atoms with van der Waals surface area (Å²) in [4.78, 5) is -0.0174. The van der Waals surface area contributed by atoms with E-state index < -0.39 is 15.8 Å². The van der Waals surface area contributed by atoms with Gasteiger partial charge in [0.25, 0.3) is 0 Å². The van der Waals surface area contributed by atoms with E-state index in [9.17, 15) is 12.8 Å². The average molecular weight is 352 g/mol. The quantitative estimate of drug-likeness (QED) is 0.790. The summed E-state index contributed by atoms with van der Waals surface area (Å²) in [6, 6.07) is 3.88. The maximum Gasteiger partial charge on any atom is 0.243 e. The summed E-state index contributed by atoms with van der Waals surface area (Å²) < 4.78 is 45.0. The number of ether oxygens (including phenoxy) is 1. The van der Waals surface area contributed by atoms with Crippen LogP contribution in [0.2, 0.25) is 0 Å². The van der Waals surface area contributed by atoms with Gasteiger partial charge in [-0.2, -0.15) is 4.31 Å². The van der Waals surface area contributed by atoms with Gasteiger partial charge in [0, 0.05) is 19.7 Å². The Kier molecular flexibility index (Phi) is 4.60.